The number of aryl methyl sites for hydroxylation is 1. The van der Waals surface area contributed by atoms with Gasteiger partial charge in [-0.3, -0.25) is 0 Å². The summed E-state index contributed by atoms with van der Waals surface area (Å²) in [5, 5.41) is 5.92. The maximum absolute atomic E-state index is 12.8. The predicted octanol–water partition coefficient (Wildman–Crippen LogP) is 5.30. The molecule has 3 aromatic rings. The third-order valence-electron chi connectivity index (χ3n) is 3.72. The second-order valence-electron chi connectivity index (χ2n) is 5.80. The Hall–Kier alpha value is -3.29. The van der Waals surface area contributed by atoms with Crippen molar-refractivity contribution in [2.75, 3.05) is 17.7 Å². The van der Waals surface area contributed by atoms with E-state index in [9.17, 15) is 13.2 Å². The number of aromatic nitrogens is 2. The highest BCUT2D eigenvalue weighted by Crippen LogP contribution is 2.31. The predicted molar refractivity (Wildman–Crippen MR) is 97.8 cm³/mol. The molecule has 0 saturated heterocycles. The van der Waals surface area contributed by atoms with E-state index in [0.717, 1.165) is 23.4 Å². The number of hydrogen-bond acceptors (Lipinski definition) is 5. The molecule has 0 saturated carbocycles. The number of methoxy groups -OCH3 is 1. The van der Waals surface area contributed by atoms with Gasteiger partial charge < -0.3 is 15.4 Å². The Labute approximate surface area is 154 Å². The Balaban J connectivity index is 1.82. The second-order valence-corrected chi connectivity index (χ2v) is 5.80. The summed E-state index contributed by atoms with van der Waals surface area (Å²) < 4.78 is 43.8. The zero-order chi connectivity index (χ0) is 19.4. The molecule has 8 heteroatoms. The average Bonchev–Trinajstić information content (AvgIpc) is 2.62. The minimum Gasteiger partial charge on any atom is -0.495 e. The molecule has 27 heavy (non-hydrogen) atoms. The van der Waals surface area contributed by atoms with Gasteiger partial charge >= 0.3 is 6.18 Å². The van der Waals surface area contributed by atoms with Crippen LogP contribution in [0.25, 0.3) is 0 Å². The van der Waals surface area contributed by atoms with Crippen LogP contribution in [-0.2, 0) is 6.18 Å². The summed E-state index contributed by atoms with van der Waals surface area (Å²) in [6, 6.07) is 12.2. The van der Waals surface area contributed by atoms with E-state index in [2.05, 4.69) is 20.6 Å². The van der Waals surface area contributed by atoms with Crippen LogP contribution in [0.1, 0.15) is 11.1 Å². The van der Waals surface area contributed by atoms with Crippen molar-refractivity contribution in [1.29, 1.82) is 0 Å². The van der Waals surface area contributed by atoms with Gasteiger partial charge in [-0.1, -0.05) is 12.1 Å². The van der Waals surface area contributed by atoms with Gasteiger partial charge in [-0.05, 0) is 48.9 Å². The first kappa shape index (κ1) is 18.5. The van der Waals surface area contributed by atoms with E-state index < -0.39 is 11.7 Å². The van der Waals surface area contributed by atoms with Gasteiger partial charge in [-0.25, -0.2) is 4.98 Å². The Kier molecular flexibility index (Phi) is 5.16. The molecule has 0 amide bonds. The van der Waals surface area contributed by atoms with Crippen molar-refractivity contribution < 1.29 is 17.9 Å². The van der Waals surface area contributed by atoms with E-state index in [1.54, 1.807) is 13.2 Å². The lowest BCUT2D eigenvalue weighted by Gasteiger charge is -2.13. The Morgan fingerprint density at radius 1 is 1.00 bits per heavy atom. The van der Waals surface area contributed by atoms with Gasteiger partial charge in [0, 0.05) is 11.9 Å². The van der Waals surface area contributed by atoms with E-state index in [1.807, 2.05) is 25.1 Å². The second kappa shape index (κ2) is 7.53. The standard InChI is InChI=1S/C19H17F3N4O/c1-12-6-7-16(27-2)15(10-12)25-17-8-9-23-18(26-17)24-14-5-3-4-13(11-14)19(20,21)22/h3-11H,1-2H3,(H2,23,24,25,26). The molecule has 0 unspecified atom stereocenters. The molecule has 1 aromatic heterocycles. The van der Waals surface area contributed by atoms with Gasteiger partial charge in [0.1, 0.15) is 11.6 Å². The molecular formula is C19H17F3N4O. The smallest absolute Gasteiger partial charge is 0.416 e. The molecule has 0 spiro atoms. The summed E-state index contributed by atoms with van der Waals surface area (Å²) in [6.45, 7) is 1.95. The van der Waals surface area contributed by atoms with Crippen LogP contribution in [0.15, 0.2) is 54.7 Å². The molecule has 0 aliphatic carbocycles. The number of rotatable bonds is 5. The quantitative estimate of drug-likeness (QED) is 0.635. The number of alkyl halides is 3. The third-order valence-corrected chi connectivity index (χ3v) is 3.72. The summed E-state index contributed by atoms with van der Waals surface area (Å²) in [4.78, 5) is 8.34. The Bertz CT molecular complexity index is 944. The van der Waals surface area contributed by atoms with Crippen molar-refractivity contribution >= 4 is 23.1 Å². The van der Waals surface area contributed by atoms with Crippen LogP contribution in [0.3, 0.4) is 0 Å². The number of anilines is 4. The zero-order valence-corrected chi connectivity index (χ0v) is 14.6. The maximum Gasteiger partial charge on any atom is 0.416 e. The van der Waals surface area contributed by atoms with E-state index in [1.165, 1.54) is 18.3 Å². The van der Waals surface area contributed by atoms with Gasteiger partial charge in [-0.2, -0.15) is 18.2 Å². The van der Waals surface area contributed by atoms with Crippen molar-refractivity contribution in [1.82, 2.24) is 9.97 Å². The number of ether oxygens (including phenoxy) is 1. The summed E-state index contributed by atoms with van der Waals surface area (Å²) in [7, 11) is 1.57. The fourth-order valence-corrected chi connectivity index (χ4v) is 2.45. The number of hydrogen-bond donors (Lipinski definition) is 2. The molecule has 2 N–H and O–H groups in total. The number of nitrogens with zero attached hydrogens (tertiary/aromatic N) is 2. The molecule has 140 valence electrons. The first-order valence-electron chi connectivity index (χ1n) is 8.04. The Morgan fingerprint density at radius 2 is 1.81 bits per heavy atom. The van der Waals surface area contributed by atoms with Gasteiger partial charge in [0.2, 0.25) is 5.95 Å². The lowest BCUT2D eigenvalue weighted by atomic mass is 10.2. The molecule has 0 fully saturated rings. The molecule has 0 atom stereocenters. The normalized spacial score (nSPS) is 11.1. The van der Waals surface area contributed by atoms with Crippen LogP contribution in [0.4, 0.5) is 36.3 Å². The number of nitrogens with one attached hydrogen (secondary N) is 2. The van der Waals surface area contributed by atoms with Crippen LogP contribution < -0.4 is 15.4 Å². The van der Waals surface area contributed by atoms with Crippen LogP contribution in [0, 0.1) is 6.92 Å². The largest absolute Gasteiger partial charge is 0.495 e. The summed E-state index contributed by atoms with van der Waals surface area (Å²) >= 11 is 0. The van der Waals surface area contributed by atoms with Crippen molar-refractivity contribution in [3.05, 3.63) is 65.9 Å². The Morgan fingerprint density at radius 3 is 2.56 bits per heavy atom. The average molecular weight is 374 g/mol. The van der Waals surface area contributed by atoms with Crippen molar-refractivity contribution in [3.63, 3.8) is 0 Å². The van der Waals surface area contributed by atoms with Gasteiger partial charge in [0.15, 0.2) is 0 Å². The summed E-state index contributed by atoms with van der Waals surface area (Å²) in [5.41, 5.74) is 1.26. The first-order chi connectivity index (χ1) is 12.8. The molecule has 1 heterocycles. The summed E-state index contributed by atoms with van der Waals surface area (Å²) in [5.74, 6) is 1.29. The van der Waals surface area contributed by atoms with Crippen LogP contribution >= 0.6 is 0 Å². The first-order valence-corrected chi connectivity index (χ1v) is 8.04. The van der Waals surface area contributed by atoms with E-state index in [4.69, 9.17) is 4.74 Å². The van der Waals surface area contributed by atoms with Crippen molar-refractivity contribution in [2.24, 2.45) is 0 Å². The van der Waals surface area contributed by atoms with Crippen molar-refractivity contribution in [3.8, 4) is 5.75 Å². The fourth-order valence-electron chi connectivity index (χ4n) is 2.45. The minimum absolute atomic E-state index is 0.172. The third kappa shape index (κ3) is 4.66. The topological polar surface area (TPSA) is 59.1 Å². The molecule has 3 rings (SSSR count). The van der Waals surface area contributed by atoms with Gasteiger partial charge in [0.05, 0.1) is 18.4 Å². The SMILES string of the molecule is COc1ccc(C)cc1Nc1ccnc(Nc2cccc(C(F)(F)F)c2)n1. The van der Waals surface area contributed by atoms with Crippen molar-refractivity contribution in [2.45, 2.75) is 13.1 Å². The highest BCUT2D eigenvalue weighted by molar-refractivity contribution is 5.66. The molecule has 0 radical (unpaired) electrons. The monoisotopic (exact) mass is 374 g/mol. The number of halogens is 3. The zero-order valence-electron chi connectivity index (χ0n) is 14.6. The minimum atomic E-state index is -4.41. The molecule has 0 bridgehead atoms. The molecule has 5 nitrogen and oxygen atoms in total. The highest BCUT2D eigenvalue weighted by Gasteiger charge is 2.30. The number of benzene rings is 2. The van der Waals surface area contributed by atoms with Gasteiger partial charge in [-0.15, -0.1) is 0 Å². The fraction of sp³-hybridized carbons (Fsp3) is 0.158. The van der Waals surface area contributed by atoms with E-state index in [-0.39, 0.29) is 11.6 Å². The van der Waals surface area contributed by atoms with Crippen LogP contribution in [0.2, 0.25) is 0 Å². The van der Waals surface area contributed by atoms with Gasteiger partial charge in [0.25, 0.3) is 0 Å². The molecular weight excluding hydrogens is 357 g/mol. The van der Waals surface area contributed by atoms with Crippen LogP contribution in [0.5, 0.6) is 5.75 Å². The summed E-state index contributed by atoms with van der Waals surface area (Å²) in [6.07, 6.45) is -2.91. The van der Waals surface area contributed by atoms with E-state index >= 15 is 0 Å². The molecule has 0 aliphatic heterocycles. The molecule has 0 aliphatic rings. The maximum atomic E-state index is 12.8. The highest BCUT2D eigenvalue weighted by atomic mass is 19.4. The lowest BCUT2D eigenvalue weighted by molar-refractivity contribution is -0.137. The lowest BCUT2D eigenvalue weighted by Crippen LogP contribution is -2.06. The molecule has 2 aromatic carbocycles. The van der Waals surface area contributed by atoms with E-state index in [0.29, 0.717) is 11.6 Å². The van der Waals surface area contributed by atoms with Crippen LogP contribution in [-0.4, -0.2) is 17.1 Å².